The van der Waals surface area contributed by atoms with E-state index in [1.54, 1.807) is 0 Å². The lowest BCUT2D eigenvalue weighted by Crippen LogP contribution is -2.40. The molecule has 0 spiro atoms. The molecule has 1 aromatic rings. The fourth-order valence-electron chi connectivity index (χ4n) is 2.18. The van der Waals surface area contributed by atoms with Crippen LogP contribution in [-0.2, 0) is 19.9 Å². The zero-order valence-electron chi connectivity index (χ0n) is 13.3. The average molecular weight is 266 g/mol. The Kier molecular flexibility index (Phi) is 5.56. The van der Waals surface area contributed by atoms with Crippen LogP contribution in [0.25, 0.3) is 0 Å². The Hall–Kier alpha value is -0.870. The highest BCUT2D eigenvalue weighted by atomic mass is 15.3. The van der Waals surface area contributed by atoms with Gasteiger partial charge in [-0.3, -0.25) is 16.0 Å². The van der Waals surface area contributed by atoms with E-state index in [-0.39, 0.29) is 0 Å². The number of rotatable bonds is 6. The molecule has 0 saturated heterocycles. The zero-order chi connectivity index (χ0) is 14.6. The van der Waals surface area contributed by atoms with E-state index < -0.39 is 0 Å². The van der Waals surface area contributed by atoms with Gasteiger partial charge in [-0.2, -0.15) is 5.10 Å². The second-order valence-corrected chi connectivity index (χ2v) is 6.67. The Balaban J connectivity index is 2.68. The van der Waals surface area contributed by atoms with Gasteiger partial charge in [0, 0.05) is 25.2 Å². The van der Waals surface area contributed by atoms with Crippen molar-refractivity contribution in [2.75, 3.05) is 0 Å². The molecule has 0 amide bonds. The van der Waals surface area contributed by atoms with Gasteiger partial charge in [0.05, 0.1) is 5.69 Å². The lowest BCUT2D eigenvalue weighted by molar-refractivity contribution is 0.221. The van der Waals surface area contributed by atoms with E-state index in [0.717, 1.165) is 25.0 Å². The molecule has 2 atom stereocenters. The fraction of sp³-hybridized carbons (Fsp3) is 0.800. The minimum atomic E-state index is 0.300. The number of hydrazine groups is 1. The summed E-state index contributed by atoms with van der Waals surface area (Å²) >= 11 is 0. The van der Waals surface area contributed by atoms with Gasteiger partial charge in [-0.15, -0.1) is 0 Å². The molecule has 0 fully saturated rings. The van der Waals surface area contributed by atoms with Crippen LogP contribution in [-0.4, -0.2) is 15.8 Å². The van der Waals surface area contributed by atoms with Gasteiger partial charge in [0.25, 0.3) is 0 Å². The third-order valence-corrected chi connectivity index (χ3v) is 4.20. The summed E-state index contributed by atoms with van der Waals surface area (Å²) in [7, 11) is 2.01. The van der Waals surface area contributed by atoms with Crippen molar-refractivity contribution in [3.05, 3.63) is 17.5 Å². The van der Waals surface area contributed by atoms with Crippen molar-refractivity contribution in [2.24, 2.45) is 24.2 Å². The maximum atomic E-state index is 5.72. The second-order valence-electron chi connectivity index (χ2n) is 6.67. The average Bonchev–Trinajstić information content (AvgIpc) is 2.68. The summed E-state index contributed by atoms with van der Waals surface area (Å²) < 4.78 is 1.98. The van der Waals surface area contributed by atoms with Gasteiger partial charge in [0.15, 0.2) is 0 Å². The molecule has 1 aromatic heterocycles. The normalized spacial score (nSPS) is 15.5. The Morgan fingerprint density at radius 1 is 1.42 bits per heavy atom. The molecule has 0 aliphatic rings. The third kappa shape index (κ3) is 4.62. The van der Waals surface area contributed by atoms with Gasteiger partial charge in [-0.25, -0.2) is 0 Å². The molecule has 4 heteroatoms. The molecule has 0 aliphatic carbocycles. The molecule has 0 saturated carbocycles. The zero-order valence-corrected chi connectivity index (χ0v) is 13.3. The van der Waals surface area contributed by atoms with Crippen molar-refractivity contribution in [3.63, 3.8) is 0 Å². The van der Waals surface area contributed by atoms with Crippen LogP contribution in [0.5, 0.6) is 0 Å². The number of aryl methyl sites for hydroxylation is 2. The number of nitrogens with zero attached hydrogens (tertiary/aromatic N) is 2. The Labute approximate surface area is 117 Å². The lowest BCUT2D eigenvalue weighted by atomic mass is 9.78. The van der Waals surface area contributed by atoms with Gasteiger partial charge < -0.3 is 0 Å². The second kappa shape index (κ2) is 6.53. The van der Waals surface area contributed by atoms with E-state index in [4.69, 9.17) is 5.84 Å². The predicted octanol–water partition coefficient (Wildman–Crippen LogP) is 2.43. The molecule has 2 unspecified atom stereocenters. The third-order valence-electron chi connectivity index (χ3n) is 4.20. The fourth-order valence-corrected chi connectivity index (χ4v) is 2.18. The molecular weight excluding hydrogens is 236 g/mol. The maximum Gasteiger partial charge on any atom is 0.0624 e. The molecule has 3 N–H and O–H groups in total. The summed E-state index contributed by atoms with van der Waals surface area (Å²) in [6.07, 6.45) is 2.99. The number of aromatic nitrogens is 2. The maximum absolute atomic E-state index is 5.72. The molecule has 1 heterocycles. The topological polar surface area (TPSA) is 55.9 Å². The van der Waals surface area contributed by atoms with Crippen LogP contribution >= 0.6 is 0 Å². The summed E-state index contributed by atoms with van der Waals surface area (Å²) in [6.45, 7) is 11.3. The minimum absolute atomic E-state index is 0.300. The molecular formula is C15H30N4. The van der Waals surface area contributed by atoms with Gasteiger partial charge in [-0.1, -0.05) is 34.6 Å². The van der Waals surface area contributed by atoms with Crippen LogP contribution < -0.4 is 11.3 Å². The molecule has 0 aliphatic heterocycles. The standard InChI is InChI=1S/C15H30N4/c1-7-12-9-14(19(6)18-12)10-13(17-16)8-11(2)15(3,4)5/h9,11,13,17H,7-8,10,16H2,1-6H3. The van der Waals surface area contributed by atoms with Gasteiger partial charge in [0.1, 0.15) is 0 Å². The van der Waals surface area contributed by atoms with Crippen molar-refractivity contribution in [2.45, 2.75) is 59.9 Å². The van der Waals surface area contributed by atoms with Crippen LogP contribution in [0.3, 0.4) is 0 Å². The Morgan fingerprint density at radius 3 is 2.47 bits per heavy atom. The van der Waals surface area contributed by atoms with Crippen LogP contribution in [0.4, 0.5) is 0 Å². The van der Waals surface area contributed by atoms with E-state index >= 15 is 0 Å². The molecule has 19 heavy (non-hydrogen) atoms. The molecule has 110 valence electrons. The number of nitrogens with one attached hydrogen (secondary N) is 1. The molecule has 0 bridgehead atoms. The van der Waals surface area contributed by atoms with Crippen LogP contribution in [0, 0.1) is 11.3 Å². The van der Waals surface area contributed by atoms with Crippen molar-refractivity contribution in [1.82, 2.24) is 15.2 Å². The largest absolute Gasteiger partial charge is 0.272 e. The van der Waals surface area contributed by atoms with Gasteiger partial charge in [-0.05, 0) is 30.2 Å². The van der Waals surface area contributed by atoms with Crippen molar-refractivity contribution in [3.8, 4) is 0 Å². The number of nitrogens with two attached hydrogens (primary N) is 1. The smallest absolute Gasteiger partial charge is 0.0624 e. The summed E-state index contributed by atoms with van der Waals surface area (Å²) in [5.74, 6) is 6.34. The lowest BCUT2D eigenvalue weighted by Gasteiger charge is -2.30. The summed E-state index contributed by atoms with van der Waals surface area (Å²) in [4.78, 5) is 0. The van der Waals surface area contributed by atoms with Crippen LogP contribution in [0.1, 0.15) is 52.4 Å². The first-order chi connectivity index (χ1) is 8.77. The van der Waals surface area contributed by atoms with Gasteiger partial charge in [0.2, 0.25) is 0 Å². The SMILES string of the molecule is CCc1cc(CC(CC(C)C(C)(C)C)NN)n(C)n1. The van der Waals surface area contributed by atoms with Crippen LogP contribution in [0.2, 0.25) is 0 Å². The van der Waals surface area contributed by atoms with E-state index in [9.17, 15) is 0 Å². The summed E-state index contributed by atoms with van der Waals surface area (Å²) in [5, 5.41) is 4.49. The quantitative estimate of drug-likeness (QED) is 0.614. The van der Waals surface area contributed by atoms with Crippen LogP contribution in [0.15, 0.2) is 6.07 Å². The first-order valence-electron chi connectivity index (χ1n) is 7.25. The van der Waals surface area contributed by atoms with Gasteiger partial charge >= 0.3 is 0 Å². The molecule has 4 nitrogen and oxygen atoms in total. The highest BCUT2D eigenvalue weighted by Gasteiger charge is 2.24. The Morgan fingerprint density at radius 2 is 2.05 bits per heavy atom. The highest BCUT2D eigenvalue weighted by Crippen LogP contribution is 2.29. The van der Waals surface area contributed by atoms with Crippen molar-refractivity contribution >= 4 is 0 Å². The van der Waals surface area contributed by atoms with E-state index in [1.807, 2.05) is 11.7 Å². The predicted molar refractivity (Wildman–Crippen MR) is 80.6 cm³/mol. The van der Waals surface area contributed by atoms with Crippen molar-refractivity contribution < 1.29 is 0 Å². The molecule has 0 aromatic carbocycles. The molecule has 0 radical (unpaired) electrons. The summed E-state index contributed by atoms with van der Waals surface area (Å²) in [5.41, 5.74) is 5.68. The molecule has 1 rings (SSSR count). The minimum Gasteiger partial charge on any atom is -0.272 e. The Bertz CT molecular complexity index is 389. The number of hydrogen-bond donors (Lipinski definition) is 2. The first kappa shape index (κ1) is 16.2. The monoisotopic (exact) mass is 266 g/mol. The van der Waals surface area contributed by atoms with E-state index in [1.165, 1.54) is 5.69 Å². The highest BCUT2D eigenvalue weighted by molar-refractivity contribution is 5.11. The number of hydrogen-bond acceptors (Lipinski definition) is 3. The summed E-state index contributed by atoms with van der Waals surface area (Å²) in [6, 6.07) is 2.49. The van der Waals surface area contributed by atoms with E-state index in [2.05, 4.69) is 51.2 Å². The van der Waals surface area contributed by atoms with E-state index in [0.29, 0.717) is 17.4 Å². The first-order valence-corrected chi connectivity index (χ1v) is 7.25. The van der Waals surface area contributed by atoms with Crippen molar-refractivity contribution in [1.29, 1.82) is 0 Å².